The van der Waals surface area contributed by atoms with Gasteiger partial charge in [0.15, 0.2) is 0 Å². The molecule has 2 atom stereocenters. The fraction of sp³-hybridized carbons (Fsp3) is 0.650. The van der Waals surface area contributed by atoms with Gasteiger partial charge in [-0.25, -0.2) is 13.6 Å². The quantitative estimate of drug-likeness (QED) is 0.872. The molecule has 26 heavy (non-hydrogen) atoms. The van der Waals surface area contributed by atoms with Gasteiger partial charge in [-0.15, -0.1) is 0 Å². The van der Waals surface area contributed by atoms with Crippen LogP contribution in [0.3, 0.4) is 0 Å². The molecule has 1 aliphatic heterocycles. The van der Waals surface area contributed by atoms with Crippen LogP contribution in [-0.4, -0.2) is 41.1 Å². The van der Waals surface area contributed by atoms with Crippen molar-refractivity contribution >= 4 is 6.09 Å². The fourth-order valence-corrected chi connectivity index (χ4v) is 4.18. The van der Waals surface area contributed by atoms with Gasteiger partial charge in [0.1, 0.15) is 11.1 Å². The van der Waals surface area contributed by atoms with Gasteiger partial charge in [-0.3, -0.25) is 4.90 Å². The minimum Gasteiger partial charge on any atom is -0.444 e. The number of carbonyl (C=O) groups is 1. The van der Waals surface area contributed by atoms with Crippen molar-refractivity contribution in [3.05, 3.63) is 35.9 Å². The molecular weight excluding hydrogens is 338 g/mol. The monoisotopic (exact) mass is 366 g/mol. The van der Waals surface area contributed by atoms with Crippen molar-refractivity contribution < 1.29 is 18.3 Å². The molecule has 2 fully saturated rings. The van der Waals surface area contributed by atoms with Crippen LogP contribution in [0.2, 0.25) is 0 Å². The molecule has 1 aromatic rings. The van der Waals surface area contributed by atoms with Crippen molar-refractivity contribution in [3.8, 4) is 0 Å². The molecule has 0 spiro atoms. The molecule has 1 aromatic carbocycles. The van der Waals surface area contributed by atoms with E-state index in [0.717, 1.165) is 5.56 Å². The number of piperidine rings is 1. The van der Waals surface area contributed by atoms with E-state index in [0.29, 0.717) is 25.9 Å². The van der Waals surface area contributed by atoms with Crippen molar-refractivity contribution in [2.75, 3.05) is 13.1 Å². The zero-order chi connectivity index (χ0) is 19.0. The number of likely N-dealkylation sites (tertiary alicyclic amines) is 1. The van der Waals surface area contributed by atoms with Crippen LogP contribution < -0.4 is 5.32 Å². The molecule has 0 aromatic heterocycles. The summed E-state index contributed by atoms with van der Waals surface area (Å²) >= 11 is 0. The standard InChI is InChI=1S/C20H28F2N2O2/c1-18(2,3)26-17(25)23-19-11-7-10-16(20(19,21)22)13-24(14-19)12-15-8-5-4-6-9-15/h4-6,8-9,16H,7,10-14H2,1-3H3,(H,23,25). The van der Waals surface area contributed by atoms with Gasteiger partial charge in [0.2, 0.25) is 0 Å². The largest absolute Gasteiger partial charge is 0.444 e. The third-order valence-electron chi connectivity index (χ3n) is 5.27. The van der Waals surface area contributed by atoms with Crippen LogP contribution in [0.4, 0.5) is 13.6 Å². The number of rotatable bonds is 3. The van der Waals surface area contributed by atoms with E-state index in [2.05, 4.69) is 5.32 Å². The number of amides is 1. The molecule has 2 unspecified atom stereocenters. The van der Waals surface area contributed by atoms with Crippen molar-refractivity contribution in [2.45, 2.75) is 63.6 Å². The molecular formula is C20H28F2N2O2. The van der Waals surface area contributed by atoms with E-state index in [1.54, 1.807) is 20.8 Å². The highest BCUT2D eigenvalue weighted by molar-refractivity contribution is 5.69. The number of alkyl carbamates (subject to hydrolysis) is 1. The Morgan fingerprint density at radius 2 is 2.00 bits per heavy atom. The summed E-state index contributed by atoms with van der Waals surface area (Å²) < 4.78 is 35.6. The van der Waals surface area contributed by atoms with Gasteiger partial charge in [0, 0.05) is 25.6 Å². The van der Waals surface area contributed by atoms with Crippen LogP contribution in [0.15, 0.2) is 30.3 Å². The smallest absolute Gasteiger partial charge is 0.408 e. The summed E-state index contributed by atoms with van der Waals surface area (Å²) in [5, 5.41) is 2.57. The number of fused-ring (bicyclic) bond motifs is 2. The summed E-state index contributed by atoms with van der Waals surface area (Å²) in [6, 6.07) is 9.83. The Bertz CT molecular complexity index is 645. The van der Waals surface area contributed by atoms with Crippen LogP contribution in [0.5, 0.6) is 0 Å². The summed E-state index contributed by atoms with van der Waals surface area (Å²) in [6.45, 7) is 6.27. The molecule has 4 nitrogen and oxygen atoms in total. The first-order chi connectivity index (χ1) is 12.1. The normalized spacial score (nSPS) is 28.4. The number of benzene rings is 1. The first kappa shape index (κ1) is 19.1. The van der Waals surface area contributed by atoms with Crippen molar-refractivity contribution in [1.29, 1.82) is 0 Å². The zero-order valence-electron chi connectivity index (χ0n) is 15.7. The number of hydrogen-bond acceptors (Lipinski definition) is 3. The predicted octanol–water partition coefficient (Wildman–Crippen LogP) is 4.20. The Balaban J connectivity index is 1.80. The summed E-state index contributed by atoms with van der Waals surface area (Å²) in [4.78, 5) is 14.3. The highest BCUT2D eigenvalue weighted by Gasteiger charge is 2.64. The topological polar surface area (TPSA) is 41.6 Å². The molecule has 2 bridgehead atoms. The van der Waals surface area contributed by atoms with E-state index in [1.165, 1.54) is 0 Å². The van der Waals surface area contributed by atoms with Gasteiger partial charge >= 0.3 is 6.09 Å². The molecule has 1 amide bonds. The van der Waals surface area contributed by atoms with Crippen molar-refractivity contribution in [2.24, 2.45) is 5.92 Å². The summed E-state index contributed by atoms with van der Waals surface area (Å²) in [5.74, 6) is -3.68. The number of nitrogens with one attached hydrogen (secondary N) is 1. The third-order valence-corrected chi connectivity index (χ3v) is 5.27. The van der Waals surface area contributed by atoms with Gasteiger partial charge in [-0.2, -0.15) is 0 Å². The molecule has 1 saturated heterocycles. The highest BCUT2D eigenvalue weighted by Crippen LogP contribution is 2.49. The number of alkyl halides is 2. The number of ether oxygens (including phenoxy) is 1. The average Bonchev–Trinajstić information content (AvgIpc) is 2.48. The maximum absolute atomic E-state index is 15.2. The Hall–Kier alpha value is -1.69. The van der Waals surface area contributed by atoms with Gasteiger partial charge in [-0.1, -0.05) is 36.8 Å². The van der Waals surface area contributed by atoms with E-state index < -0.39 is 29.1 Å². The Labute approximate surface area is 153 Å². The molecule has 0 radical (unpaired) electrons. The molecule has 6 heteroatoms. The molecule has 3 rings (SSSR count). The Morgan fingerprint density at radius 1 is 1.31 bits per heavy atom. The summed E-state index contributed by atoms with van der Waals surface area (Å²) in [7, 11) is 0. The van der Waals surface area contributed by atoms with Gasteiger partial charge < -0.3 is 10.1 Å². The molecule has 144 valence electrons. The van der Waals surface area contributed by atoms with Gasteiger partial charge in [0.05, 0.1) is 0 Å². The first-order valence-corrected chi connectivity index (χ1v) is 9.27. The number of nitrogens with zero attached hydrogens (tertiary/aromatic N) is 1. The second-order valence-electron chi connectivity index (χ2n) is 8.58. The number of halogens is 2. The summed E-state index contributed by atoms with van der Waals surface area (Å²) in [6.07, 6.45) is 0.672. The lowest BCUT2D eigenvalue weighted by atomic mass is 9.68. The van der Waals surface area contributed by atoms with E-state index in [-0.39, 0.29) is 13.0 Å². The van der Waals surface area contributed by atoms with Gasteiger partial charge in [0.25, 0.3) is 5.92 Å². The van der Waals surface area contributed by atoms with Crippen molar-refractivity contribution in [3.63, 3.8) is 0 Å². The van der Waals surface area contributed by atoms with E-state index in [9.17, 15) is 4.79 Å². The third kappa shape index (κ3) is 3.85. The van der Waals surface area contributed by atoms with E-state index in [4.69, 9.17) is 4.74 Å². The minimum atomic E-state index is -2.94. The first-order valence-electron chi connectivity index (χ1n) is 9.27. The SMILES string of the molecule is CC(C)(C)OC(=O)NC12CCCC(CN(Cc3ccccc3)C1)C2(F)F. The van der Waals surface area contributed by atoms with Crippen LogP contribution in [0.25, 0.3) is 0 Å². The zero-order valence-corrected chi connectivity index (χ0v) is 15.7. The molecule has 2 aliphatic rings. The van der Waals surface area contributed by atoms with Crippen molar-refractivity contribution in [1.82, 2.24) is 10.2 Å². The van der Waals surface area contributed by atoms with E-state index >= 15 is 8.78 Å². The number of hydrogen-bond donors (Lipinski definition) is 1. The fourth-order valence-electron chi connectivity index (χ4n) is 4.18. The van der Waals surface area contributed by atoms with E-state index in [1.807, 2.05) is 35.2 Å². The molecule has 1 saturated carbocycles. The maximum Gasteiger partial charge on any atom is 0.408 e. The van der Waals surface area contributed by atoms with Crippen LogP contribution in [0.1, 0.15) is 45.6 Å². The predicted molar refractivity (Wildman–Crippen MR) is 96.1 cm³/mol. The van der Waals surface area contributed by atoms with Gasteiger partial charge in [-0.05, 0) is 39.2 Å². The maximum atomic E-state index is 15.2. The molecule has 1 N–H and O–H groups in total. The Morgan fingerprint density at radius 3 is 2.65 bits per heavy atom. The highest BCUT2D eigenvalue weighted by atomic mass is 19.3. The molecule has 1 heterocycles. The Kier molecular flexibility index (Phi) is 4.99. The van der Waals surface area contributed by atoms with Crippen LogP contribution >= 0.6 is 0 Å². The lowest BCUT2D eigenvalue weighted by Gasteiger charge is -2.54. The molecule has 1 aliphatic carbocycles. The lowest BCUT2D eigenvalue weighted by molar-refractivity contribution is -0.195. The van der Waals surface area contributed by atoms with Crippen LogP contribution in [-0.2, 0) is 11.3 Å². The lowest BCUT2D eigenvalue weighted by Crippen LogP contribution is -2.74. The second kappa shape index (κ2) is 6.80. The average molecular weight is 366 g/mol. The summed E-state index contributed by atoms with van der Waals surface area (Å²) in [5.41, 5.74) is -1.20. The number of carbonyl (C=O) groups excluding carboxylic acids is 1. The minimum absolute atomic E-state index is 0.130. The van der Waals surface area contributed by atoms with Crippen LogP contribution in [0, 0.1) is 5.92 Å². The second-order valence-corrected chi connectivity index (χ2v) is 8.58.